The average Bonchev–Trinajstić information content (AvgIpc) is 3.05. The van der Waals surface area contributed by atoms with Crippen LogP contribution in [0.2, 0.25) is 0 Å². The standard InChI is InChI=1S/C17H26Cl2N2O3/c1-16(2,3)24-15(23)21-12-7-10(12)8-13(21)14(22)20-11-5-4-6-17(18,19)9-11/h10-13H,4-9H2,1-3H3,(H,20,22)/t10-,11+,12-,13+/m1/s1. The minimum atomic E-state index is -0.765. The molecule has 24 heavy (non-hydrogen) atoms. The Morgan fingerprint density at radius 3 is 2.58 bits per heavy atom. The van der Waals surface area contributed by atoms with E-state index in [1.807, 2.05) is 20.8 Å². The second-order valence-corrected chi connectivity index (χ2v) is 10.0. The van der Waals surface area contributed by atoms with Gasteiger partial charge in [0.15, 0.2) is 0 Å². The third-order valence-electron chi connectivity index (χ3n) is 5.00. The Balaban J connectivity index is 1.62. The molecule has 0 radical (unpaired) electrons. The molecule has 0 bridgehead atoms. The zero-order chi connectivity index (χ0) is 17.7. The van der Waals surface area contributed by atoms with Crippen LogP contribution in [0, 0.1) is 5.92 Å². The largest absolute Gasteiger partial charge is 0.444 e. The maximum atomic E-state index is 12.7. The second-order valence-electron chi connectivity index (χ2n) is 8.36. The summed E-state index contributed by atoms with van der Waals surface area (Å²) in [6.07, 6.45) is 4.37. The fourth-order valence-electron chi connectivity index (χ4n) is 3.86. The number of fused-ring (bicyclic) bond motifs is 1. The fourth-order valence-corrected chi connectivity index (χ4v) is 4.50. The fraction of sp³-hybridized carbons (Fsp3) is 0.882. The van der Waals surface area contributed by atoms with Gasteiger partial charge in [0.05, 0.1) is 0 Å². The molecule has 4 atom stereocenters. The Hall–Kier alpha value is -0.680. The van der Waals surface area contributed by atoms with Gasteiger partial charge >= 0.3 is 6.09 Å². The van der Waals surface area contributed by atoms with Crippen LogP contribution in [0.25, 0.3) is 0 Å². The number of likely N-dealkylation sites (tertiary alicyclic amines) is 1. The monoisotopic (exact) mass is 376 g/mol. The van der Waals surface area contributed by atoms with Crippen LogP contribution in [0.5, 0.6) is 0 Å². The molecule has 1 saturated heterocycles. The molecule has 0 aromatic carbocycles. The van der Waals surface area contributed by atoms with E-state index in [2.05, 4.69) is 5.32 Å². The minimum Gasteiger partial charge on any atom is -0.444 e. The molecular weight excluding hydrogens is 351 g/mol. The Morgan fingerprint density at radius 1 is 1.25 bits per heavy atom. The van der Waals surface area contributed by atoms with Gasteiger partial charge in [-0.15, -0.1) is 23.2 Å². The Bertz CT molecular complexity index is 532. The van der Waals surface area contributed by atoms with E-state index in [1.165, 1.54) is 0 Å². The zero-order valence-corrected chi connectivity index (χ0v) is 16.0. The van der Waals surface area contributed by atoms with Gasteiger partial charge in [-0.05, 0) is 58.8 Å². The highest BCUT2D eigenvalue weighted by atomic mass is 35.5. The van der Waals surface area contributed by atoms with Gasteiger partial charge in [-0.2, -0.15) is 0 Å². The predicted molar refractivity (Wildman–Crippen MR) is 93.2 cm³/mol. The summed E-state index contributed by atoms with van der Waals surface area (Å²) in [6, 6.07) is -0.314. The molecule has 2 aliphatic carbocycles. The smallest absolute Gasteiger partial charge is 0.411 e. The first-order chi connectivity index (χ1) is 11.1. The average molecular weight is 377 g/mol. The van der Waals surface area contributed by atoms with Crippen LogP contribution in [0.15, 0.2) is 0 Å². The number of amides is 2. The van der Waals surface area contributed by atoms with Crippen LogP contribution >= 0.6 is 23.2 Å². The SMILES string of the molecule is CC(C)(C)OC(=O)N1[C@@H]2C[C@@H]2C[C@H]1C(=O)N[C@H]1CCCC(Cl)(Cl)C1. The molecule has 136 valence electrons. The van der Waals surface area contributed by atoms with Crippen molar-refractivity contribution in [3.63, 3.8) is 0 Å². The summed E-state index contributed by atoms with van der Waals surface area (Å²) in [6.45, 7) is 5.51. The van der Waals surface area contributed by atoms with Gasteiger partial charge in [0.2, 0.25) is 5.91 Å². The molecule has 3 fully saturated rings. The number of halogens is 2. The van der Waals surface area contributed by atoms with Crippen molar-refractivity contribution in [3.05, 3.63) is 0 Å². The Kier molecular flexibility index (Phi) is 4.71. The lowest BCUT2D eigenvalue weighted by atomic mass is 9.94. The van der Waals surface area contributed by atoms with Crippen molar-refractivity contribution in [3.8, 4) is 0 Å². The van der Waals surface area contributed by atoms with Crippen molar-refractivity contribution in [2.75, 3.05) is 0 Å². The molecule has 1 aliphatic heterocycles. The lowest BCUT2D eigenvalue weighted by Gasteiger charge is -2.34. The topological polar surface area (TPSA) is 58.6 Å². The molecule has 3 aliphatic rings. The summed E-state index contributed by atoms with van der Waals surface area (Å²) in [5, 5.41) is 3.05. The number of carbonyl (C=O) groups is 2. The predicted octanol–water partition coefficient (Wildman–Crippen LogP) is 3.62. The highest BCUT2D eigenvalue weighted by Crippen LogP contribution is 2.48. The number of nitrogens with zero attached hydrogens (tertiary/aromatic N) is 1. The Morgan fingerprint density at radius 2 is 1.96 bits per heavy atom. The van der Waals surface area contributed by atoms with Gasteiger partial charge in [0, 0.05) is 18.5 Å². The molecule has 1 heterocycles. The molecule has 0 aromatic heterocycles. The number of hydrogen-bond donors (Lipinski definition) is 1. The summed E-state index contributed by atoms with van der Waals surface area (Å²) >= 11 is 12.4. The second kappa shape index (κ2) is 6.24. The van der Waals surface area contributed by atoms with Crippen LogP contribution in [0.4, 0.5) is 4.79 Å². The lowest BCUT2D eigenvalue weighted by Crippen LogP contribution is -2.52. The summed E-state index contributed by atoms with van der Waals surface area (Å²) in [4.78, 5) is 26.9. The molecule has 2 saturated carbocycles. The normalized spacial score (nSPS) is 34.5. The van der Waals surface area contributed by atoms with E-state index in [0.717, 1.165) is 32.1 Å². The van der Waals surface area contributed by atoms with Crippen LogP contribution < -0.4 is 5.32 Å². The van der Waals surface area contributed by atoms with Gasteiger partial charge < -0.3 is 10.1 Å². The van der Waals surface area contributed by atoms with E-state index < -0.39 is 16.0 Å². The third kappa shape index (κ3) is 4.10. The number of alkyl halides is 2. The van der Waals surface area contributed by atoms with E-state index >= 15 is 0 Å². The molecule has 0 spiro atoms. The maximum absolute atomic E-state index is 12.7. The van der Waals surface area contributed by atoms with Crippen molar-refractivity contribution in [1.29, 1.82) is 0 Å². The number of nitrogens with one attached hydrogen (secondary N) is 1. The molecule has 3 rings (SSSR count). The molecule has 7 heteroatoms. The van der Waals surface area contributed by atoms with Gasteiger partial charge in [0.25, 0.3) is 0 Å². The van der Waals surface area contributed by atoms with Gasteiger partial charge in [0.1, 0.15) is 16.0 Å². The minimum absolute atomic E-state index is 0.0290. The highest BCUT2D eigenvalue weighted by molar-refractivity contribution is 6.48. The van der Waals surface area contributed by atoms with E-state index in [4.69, 9.17) is 27.9 Å². The summed E-state index contributed by atoms with van der Waals surface area (Å²) in [5.74, 6) is 0.323. The first kappa shape index (κ1) is 18.1. The summed E-state index contributed by atoms with van der Waals surface area (Å²) in [7, 11) is 0. The van der Waals surface area contributed by atoms with Crippen LogP contribution in [-0.4, -0.2) is 45.0 Å². The number of rotatable bonds is 2. The van der Waals surface area contributed by atoms with Crippen molar-refractivity contribution >= 4 is 35.2 Å². The van der Waals surface area contributed by atoms with Crippen molar-refractivity contribution in [2.45, 2.75) is 87.4 Å². The molecule has 5 nitrogen and oxygen atoms in total. The van der Waals surface area contributed by atoms with Crippen molar-refractivity contribution < 1.29 is 14.3 Å². The lowest BCUT2D eigenvalue weighted by molar-refractivity contribution is -0.127. The molecular formula is C17H26Cl2N2O3. The molecule has 0 unspecified atom stereocenters. The van der Waals surface area contributed by atoms with E-state index in [0.29, 0.717) is 12.3 Å². The Labute approximate surface area is 153 Å². The third-order valence-corrected chi connectivity index (χ3v) is 5.68. The number of hydrogen-bond acceptors (Lipinski definition) is 3. The molecule has 0 aromatic rings. The van der Waals surface area contributed by atoms with E-state index in [9.17, 15) is 9.59 Å². The number of carbonyl (C=O) groups excluding carboxylic acids is 2. The molecule has 1 N–H and O–H groups in total. The van der Waals surface area contributed by atoms with E-state index in [1.54, 1.807) is 4.90 Å². The van der Waals surface area contributed by atoms with Crippen LogP contribution in [-0.2, 0) is 9.53 Å². The van der Waals surface area contributed by atoms with Crippen LogP contribution in [0.3, 0.4) is 0 Å². The number of ether oxygens (including phenoxy) is 1. The van der Waals surface area contributed by atoms with Crippen LogP contribution in [0.1, 0.15) is 59.3 Å². The van der Waals surface area contributed by atoms with Gasteiger partial charge in [-0.1, -0.05) is 0 Å². The van der Waals surface area contributed by atoms with E-state index in [-0.39, 0.29) is 24.1 Å². The zero-order valence-electron chi connectivity index (χ0n) is 14.5. The summed E-state index contributed by atoms with van der Waals surface area (Å²) in [5.41, 5.74) is -0.564. The maximum Gasteiger partial charge on any atom is 0.411 e. The first-order valence-corrected chi connectivity index (χ1v) is 9.51. The summed E-state index contributed by atoms with van der Waals surface area (Å²) < 4.78 is 4.72. The first-order valence-electron chi connectivity index (χ1n) is 8.75. The van der Waals surface area contributed by atoms with Crippen molar-refractivity contribution in [1.82, 2.24) is 10.2 Å². The highest BCUT2D eigenvalue weighted by Gasteiger charge is 2.57. The van der Waals surface area contributed by atoms with Gasteiger partial charge in [-0.3, -0.25) is 9.69 Å². The number of piperidine rings is 1. The van der Waals surface area contributed by atoms with Crippen molar-refractivity contribution in [2.24, 2.45) is 5.92 Å². The van der Waals surface area contributed by atoms with Gasteiger partial charge in [-0.25, -0.2) is 4.79 Å². The molecule has 2 amide bonds. The quantitative estimate of drug-likeness (QED) is 0.748.